The SMILES string of the molecule is N#CC(Br)C(Br)CO. The van der Waals surface area contributed by atoms with Gasteiger partial charge in [0.15, 0.2) is 0 Å². The fraction of sp³-hybridized carbons (Fsp3) is 0.750. The minimum absolute atomic E-state index is 0.0243. The van der Waals surface area contributed by atoms with Crippen LogP contribution in [0.4, 0.5) is 0 Å². The zero-order valence-corrected chi connectivity index (χ0v) is 7.18. The van der Waals surface area contributed by atoms with Gasteiger partial charge in [-0.25, -0.2) is 0 Å². The molecular formula is C4H5Br2NO. The van der Waals surface area contributed by atoms with Crippen molar-refractivity contribution in [3.63, 3.8) is 0 Å². The average Bonchev–Trinajstić information content (AvgIpc) is 1.84. The molecule has 46 valence electrons. The highest BCUT2D eigenvalue weighted by atomic mass is 79.9. The van der Waals surface area contributed by atoms with Crippen LogP contribution >= 0.6 is 31.9 Å². The van der Waals surface area contributed by atoms with E-state index in [0.29, 0.717) is 0 Å². The second kappa shape index (κ2) is 4.30. The zero-order chi connectivity index (χ0) is 6.57. The first kappa shape index (κ1) is 8.41. The largest absolute Gasteiger partial charge is 0.395 e. The lowest BCUT2D eigenvalue weighted by Crippen LogP contribution is -2.15. The van der Waals surface area contributed by atoms with Gasteiger partial charge in [0.25, 0.3) is 0 Å². The molecule has 0 aromatic heterocycles. The number of nitrogens with zero attached hydrogens (tertiary/aromatic N) is 1. The van der Waals surface area contributed by atoms with Crippen LogP contribution < -0.4 is 0 Å². The average molecular weight is 243 g/mol. The van der Waals surface area contributed by atoms with E-state index in [1.165, 1.54) is 0 Å². The molecule has 0 radical (unpaired) electrons. The highest BCUT2D eigenvalue weighted by Gasteiger charge is 2.12. The molecule has 2 atom stereocenters. The lowest BCUT2D eigenvalue weighted by molar-refractivity contribution is 0.299. The third-order valence-electron chi connectivity index (χ3n) is 0.615. The van der Waals surface area contributed by atoms with Gasteiger partial charge in [-0.2, -0.15) is 5.26 Å². The second-order valence-corrected chi connectivity index (χ2v) is 3.39. The Morgan fingerprint density at radius 1 is 1.62 bits per heavy atom. The molecular weight excluding hydrogens is 238 g/mol. The van der Waals surface area contributed by atoms with E-state index in [0.717, 1.165) is 0 Å². The minimum atomic E-state index is -0.299. The van der Waals surface area contributed by atoms with Crippen LogP contribution in [0.5, 0.6) is 0 Å². The van der Waals surface area contributed by atoms with Gasteiger partial charge in [0.2, 0.25) is 0 Å². The van der Waals surface area contributed by atoms with Crippen LogP contribution in [0.3, 0.4) is 0 Å². The molecule has 2 nitrogen and oxygen atoms in total. The van der Waals surface area contributed by atoms with E-state index in [1.807, 2.05) is 6.07 Å². The van der Waals surface area contributed by atoms with Crippen LogP contribution in [0.1, 0.15) is 0 Å². The number of rotatable bonds is 2. The van der Waals surface area contributed by atoms with E-state index in [2.05, 4.69) is 31.9 Å². The van der Waals surface area contributed by atoms with Gasteiger partial charge in [0.1, 0.15) is 4.83 Å². The Hall–Kier alpha value is 0.410. The minimum Gasteiger partial charge on any atom is -0.395 e. The fourth-order valence-electron chi connectivity index (χ4n) is 0.173. The molecule has 1 N–H and O–H groups in total. The Kier molecular flexibility index (Phi) is 4.53. The van der Waals surface area contributed by atoms with Crippen molar-refractivity contribution in [2.75, 3.05) is 6.61 Å². The summed E-state index contributed by atoms with van der Waals surface area (Å²) in [6.45, 7) is -0.0243. The fourth-order valence-corrected chi connectivity index (χ4v) is 0.459. The summed E-state index contributed by atoms with van der Waals surface area (Å²) >= 11 is 6.12. The summed E-state index contributed by atoms with van der Waals surface area (Å²) in [4.78, 5) is -0.458. The lowest BCUT2D eigenvalue weighted by Gasteiger charge is -2.03. The summed E-state index contributed by atoms with van der Waals surface area (Å²) in [5.41, 5.74) is 0. The van der Waals surface area contributed by atoms with Crippen LogP contribution in [0.15, 0.2) is 0 Å². The number of hydrogen-bond donors (Lipinski definition) is 1. The van der Waals surface area contributed by atoms with Crippen LogP contribution in [0.25, 0.3) is 0 Å². The van der Waals surface area contributed by atoms with Gasteiger partial charge in [-0.3, -0.25) is 0 Å². The van der Waals surface area contributed by atoms with Gasteiger partial charge in [-0.15, -0.1) is 0 Å². The quantitative estimate of drug-likeness (QED) is 0.736. The molecule has 0 fully saturated rings. The maximum Gasteiger partial charge on any atom is 0.116 e. The monoisotopic (exact) mass is 241 g/mol. The molecule has 0 aromatic rings. The predicted molar refractivity (Wildman–Crippen MR) is 38.1 cm³/mol. The van der Waals surface area contributed by atoms with E-state index in [1.54, 1.807) is 0 Å². The molecule has 2 unspecified atom stereocenters. The summed E-state index contributed by atoms with van der Waals surface area (Å²) in [6.07, 6.45) is 0. The standard InChI is InChI=1S/C4H5Br2NO/c5-3(1-7)4(6)2-8/h3-4,8H,2H2. The second-order valence-electron chi connectivity index (χ2n) is 1.23. The summed E-state index contributed by atoms with van der Waals surface area (Å²) in [7, 11) is 0. The first-order valence-corrected chi connectivity index (χ1v) is 3.84. The molecule has 0 aliphatic carbocycles. The normalized spacial score (nSPS) is 16.8. The van der Waals surface area contributed by atoms with Gasteiger partial charge in [0.05, 0.1) is 17.5 Å². The van der Waals surface area contributed by atoms with E-state index in [9.17, 15) is 0 Å². The third kappa shape index (κ3) is 2.65. The van der Waals surface area contributed by atoms with Gasteiger partial charge in [-0.05, 0) is 0 Å². The summed E-state index contributed by atoms with van der Waals surface area (Å²) in [6, 6.07) is 1.93. The smallest absolute Gasteiger partial charge is 0.116 e. The summed E-state index contributed by atoms with van der Waals surface area (Å²) in [5.74, 6) is 0. The van der Waals surface area contributed by atoms with Crippen molar-refractivity contribution in [3.05, 3.63) is 0 Å². The molecule has 0 heterocycles. The van der Waals surface area contributed by atoms with Crippen molar-refractivity contribution < 1.29 is 5.11 Å². The Morgan fingerprint density at radius 2 is 2.12 bits per heavy atom. The molecule has 8 heavy (non-hydrogen) atoms. The maximum absolute atomic E-state index is 8.41. The topological polar surface area (TPSA) is 44.0 Å². The maximum atomic E-state index is 8.41. The van der Waals surface area contributed by atoms with Crippen LogP contribution in [0.2, 0.25) is 0 Å². The van der Waals surface area contributed by atoms with E-state index in [4.69, 9.17) is 10.4 Å². The molecule has 0 bridgehead atoms. The summed E-state index contributed by atoms with van der Waals surface area (Å²) in [5, 5.41) is 16.6. The number of aliphatic hydroxyl groups is 1. The number of aliphatic hydroxyl groups excluding tert-OH is 1. The van der Waals surface area contributed by atoms with E-state index < -0.39 is 0 Å². The molecule has 0 aliphatic heterocycles. The number of halogens is 2. The molecule has 4 heteroatoms. The predicted octanol–water partition coefficient (Wildman–Crippen LogP) is 1.03. The number of nitriles is 1. The van der Waals surface area contributed by atoms with Crippen molar-refractivity contribution in [1.29, 1.82) is 5.26 Å². The van der Waals surface area contributed by atoms with Gasteiger partial charge in [-0.1, -0.05) is 31.9 Å². The zero-order valence-electron chi connectivity index (χ0n) is 4.01. The van der Waals surface area contributed by atoms with E-state index in [-0.39, 0.29) is 16.3 Å². The molecule has 0 saturated heterocycles. The van der Waals surface area contributed by atoms with Crippen LogP contribution in [0, 0.1) is 11.3 Å². The van der Waals surface area contributed by atoms with Crippen molar-refractivity contribution in [2.45, 2.75) is 9.65 Å². The third-order valence-corrected chi connectivity index (χ3v) is 2.99. The van der Waals surface area contributed by atoms with Crippen molar-refractivity contribution >= 4 is 31.9 Å². The first-order valence-electron chi connectivity index (χ1n) is 2.01. The van der Waals surface area contributed by atoms with Crippen LogP contribution in [-0.4, -0.2) is 21.4 Å². The van der Waals surface area contributed by atoms with Crippen molar-refractivity contribution in [2.24, 2.45) is 0 Å². The molecule has 0 rings (SSSR count). The lowest BCUT2D eigenvalue weighted by atomic mass is 10.3. The Labute approximate surface area is 64.8 Å². The van der Waals surface area contributed by atoms with Gasteiger partial charge < -0.3 is 5.11 Å². The Bertz CT molecular complexity index is 101. The number of hydrogen-bond acceptors (Lipinski definition) is 2. The highest BCUT2D eigenvalue weighted by molar-refractivity contribution is 9.12. The van der Waals surface area contributed by atoms with Crippen molar-refractivity contribution in [3.8, 4) is 6.07 Å². The molecule has 0 amide bonds. The molecule has 0 aromatic carbocycles. The Balaban J connectivity index is 3.49. The highest BCUT2D eigenvalue weighted by Crippen LogP contribution is 2.11. The number of alkyl halides is 2. The first-order chi connectivity index (χ1) is 3.72. The summed E-state index contributed by atoms with van der Waals surface area (Å²) < 4.78 is 0. The van der Waals surface area contributed by atoms with Crippen LogP contribution in [-0.2, 0) is 0 Å². The van der Waals surface area contributed by atoms with Crippen molar-refractivity contribution in [1.82, 2.24) is 0 Å². The molecule has 0 spiro atoms. The van der Waals surface area contributed by atoms with Gasteiger partial charge >= 0.3 is 0 Å². The van der Waals surface area contributed by atoms with E-state index >= 15 is 0 Å². The molecule has 0 saturated carbocycles. The van der Waals surface area contributed by atoms with Gasteiger partial charge in [0, 0.05) is 0 Å². The Morgan fingerprint density at radius 3 is 2.25 bits per heavy atom. The molecule has 0 aliphatic rings.